The molecule has 0 saturated heterocycles. The number of anilines is 1. The SMILES string of the molecule is CCOc1cccc2sc(N(CCn3cccn3)C(=O)Cc3ccc(OC)c(C)c3)nc12. The van der Waals surface area contributed by atoms with Crippen molar-refractivity contribution in [3.8, 4) is 11.5 Å². The zero-order chi connectivity index (χ0) is 22.5. The number of carbonyl (C=O) groups is 1. The Bertz CT molecular complexity index is 1200. The number of para-hydroxylation sites is 1. The first-order valence-electron chi connectivity index (χ1n) is 10.5. The topological polar surface area (TPSA) is 69.5 Å². The molecule has 2 heterocycles. The van der Waals surface area contributed by atoms with Crippen LogP contribution in [0.15, 0.2) is 54.9 Å². The van der Waals surface area contributed by atoms with Crippen LogP contribution in [0.4, 0.5) is 5.13 Å². The van der Waals surface area contributed by atoms with Gasteiger partial charge in [-0.25, -0.2) is 4.98 Å². The summed E-state index contributed by atoms with van der Waals surface area (Å²) in [4.78, 5) is 20.0. The molecule has 2 aromatic heterocycles. The predicted octanol–water partition coefficient (Wildman–Crippen LogP) is 4.48. The Hall–Kier alpha value is -3.39. The third-order valence-electron chi connectivity index (χ3n) is 5.13. The maximum Gasteiger partial charge on any atom is 0.233 e. The van der Waals surface area contributed by atoms with E-state index in [2.05, 4.69) is 5.10 Å². The van der Waals surface area contributed by atoms with Gasteiger partial charge in [0.25, 0.3) is 0 Å². The minimum atomic E-state index is -0.0151. The highest BCUT2D eigenvalue weighted by atomic mass is 32.1. The first kappa shape index (κ1) is 21.8. The fraction of sp³-hybridized carbons (Fsp3) is 0.292. The molecule has 0 unspecified atom stereocenters. The molecule has 0 aliphatic carbocycles. The van der Waals surface area contributed by atoms with Crippen molar-refractivity contribution in [2.75, 3.05) is 25.2 Å². The fourth-order valence-electron chi connectivity index (χ4n) is 3.58. The van der Waals surface area contributed by atoms with Gasteiger partial charge in [-0.05, 0) is 49.2 Å². The zero-order valence-electron chi connectivity index (χ0n) is 18.4. The van der Waals surface area contributed by atoms with Gasteiger partial charge in [0.05, 0.1) is 31.4 Å². The summed E-state index contributed by atoms with van der Waals surface area (Å²) < 4.78 is 13.9. The Morgan fingerprint density at radius 1 is 1.19 bits per heavy atom. The maximum absolute atomic E-state index is 13.4. The summed E-state index contributed by atoms with van der Waals surface area (Å²) in [7, 11) is 1.65. The van der Waals surface area contributed by atoms with E-state index in [0.717, 1.165) is 32.8 Å². The van der Waals surface area contributed by atoms with Crippen LogP contribution in [-0.2, 0) is 17.8 Å². The van der Waals surface area contributed by atoms with Crippen LogP contribution in [0.3, 0.4) is 0 Å². The van der Waals surface area contributed by atoms with Gasteiger partial charge in [0, 0.05) is 18.9 Å². The molecule has 8 heteroatoms. The van der Waals surface area contributed by atoms with Crippen LogP contribution in [-0.4, -0.2) is 40.9 Å². The van der Waals surface area contributed by atoms with E-state index < -0.39 is 0 Å². The maximum atomic E-state index is 13.4. The third-order valence-corrected chi connectivity index (χ3v) is 6.17. The van der Waals surface area contributed by atoms with Gasteiger partial charge in [-0.15, -0.1) is 0 Å². The molecule has 2 aromatic carbocycles. The quantitative estimate of drug-likeness (QED) is 0.376. The number of rotatable bonds is 9. The second-order valence-corrected chi connectivity index (χ2v) is 8.34. The molecule has 4 aromatic rings. The molecule has 0 fully saturated rings. The predicted molar refractivity (Wildman–Crippen MR) is 127 cm³/mol. The third kappa shape index (κ3) is 4.75. The van der Waals surface area contributed by atoms with E-state index in [-0.39, 0.29) is 12.3 Å². The number of hydrogen-bond acceptors (Lipinski definition) is 6. The number of hydrogen-bond donors (Lipinski definition) is 0. The molecule has 0 aliphatic heterocycles. The van der Waals surface area contributed by atoms with Gasteiger partial charge in [-0.3, -0.25) is 14.4 Å². The summed E-state index contributed by atoms with van der Waals surface area (Å²) >= 11 is 1.50. The molecule has 0 saturated carbocycles. The van der Waals surface area contributed by atoms with Gasteiger partial charge < -0.3 is 9.47 Å². The summed E-state index contributed by atoms with van der Waals surface area (Å²) in [5.74, 6) is 1.53. The van der Waals surface area contributed by atoms with Crippen LogP contribution in [0.2, 0.25) is 0 Å². The largest absolute Gasteiger partial charge is 0.496 e. The highest BCUT2D eigenvalue weighted by Crippen LogP contribution is 2.34. The van der Waals surface area contributed by atoms with Crippen LogP contribution in [0.25, 0.3) is 10.2 Å². The van der Waals surface area contributed by atoms with Crippen LogP contribution in [0, 0.1) is 6.92 Å². The molecule has 0 atom stereocenters. The number of aromatic nitrogens is 3. The van der Waals surface area contributed by atoms with Crippen LogP contribution < -0.4 is 14.4 Å². The van der Waals surface area contributed by atoms with E-state index in [1.807, 2.05) is 67.2 Å². The zero-order valence-corrected chi connectivity index (χ0v) is 19.3. The number of amides is 1. The van der Waals surface area contributed by atoms with Gasteiger partial charge in [0.15, 0.2) is 5.13 Å². The second-order valence-electron chi connectivity index (χ2n) is 7.33. The van der Waals surface area contributed by atoms with Crippen LogP contribution in [0.1, 0.15) is 18.1 Å². The van der Waals surface area contributed by atoms with Crippen LogP contribution >= 0.6 is 11.3 Å². The Kier molecular flexibility index (Phi) is 6.70. The Labute approximate surface area is 191 Å². The average molecular weight is 451 g/mol. The van der Waals surface area contributed by atoms with Gasteiger partial charge in [-0.1, -0.05) is 29.5 Å². The number of benzene rings is 2. The molecule has 4 rings (SSSR count). The average Bonchev–Trinajstić information content (AvgIpc) is 3.45. The van der Waals surface area contributed by atoms with Crippen molar-refractivity contribution in [2.45, 2.75) is 26.8 Å². The number of nitrogens with zero attached hydrogens (tertiary/aromatic N) is 4. The number of carbonyl (C=O) groups excluding carboxylic acids is 1. The van der Waals surface area contributed by atoms with Crippen molar-refractivity contribution in [2.24, 2.45) is 0 Å². The van der Waals surface area contributed by atoms with Crippen molar-refractivity contribution in [3.63, 3.8) is 0 Å². The first-order chi connectivity index (χ1) is 15.6. The summed E-state index contributed by atoms with van der Waals surface area (Å²) in [6.45, 7) is 5.53. The highest BCUT2D eigenvalue weighted by Gasteiger charge is 2.21. The number of thiazole rings is 1. The summed E-state index contributed by atoms with van der Waals surface area (Å²) in [6.07, 6.45) is 3.90. The molecule has 1 amide bonds. The number of fused-ring (bicyclic) bond motifs is 1. The summed E-state index contributed by atoms with van der Waals surface area (Å²) in [5, 5.41) is 4.93. The summed E-state index contributed by atoms with van der Waals surface area (Å²) in [6, 6.07) is 13.6. The Morgan fingerprint density at radius 2 is 2.06 bits per heavy atom. The van der Waals surface area contributed by atoms with E-state index in [4.69, 9.17) is 14.5 Å². The minimum Gasteiger partial charge on any atom is -0.496 e. The van der Waals surface area contributed by atoms with Gasteiger partial charge in [0.1, 0.15) is 17.0 Å². The van der Waals surface area contributed by atoms with E-state index in [0.29, 0.717) is 24.8 Å². The van der Waals surface area contributed by atoms with E-state index in [1.165, 1.54) is 11.3 Å². The lowest BCUT2D eigenvalue weighted by atomic mass is 10.1. The molecule has 0 N–H and O–H groups in total. The number of methoxy groups -OCH3 is 1. The monoisotopic (exact) mass is 450 g/mol. The number of ether oxygens (including phenoxy) is 2. The van der Waals surface area contributed by atoms with E-state index in [9.17, 15) is 4.79 Å². The lowest BCUT2D eigenvalue weighted by Crippen LogP contribution is -2.35. The van der Waals surface area contributed by atoms with Gasteiger partial charge >= 0.3 is 0 Å². The fourth-order valence-corrected chi connectivity index (χ4v) is 4.61. The highest BCUT2D eigenvalue weighted by molar-refractivity contribution is 7.22. The molecule has 7 nitrogen and oxygen atoms in total. The molecule has 0 spiro atoms. The van der Waals surface area contributed by atoms with Crippen molar-refractivity contribution in [1.82, 2.24) is 14.8 Å². The van der Waals surface area contributed by atoms with Crippen molar-refractivity contribution in [1.29, 1.82) is 0 Å². The van der Waals surface area contributed by atoms with E-state index >= 15 is 0 Å². The lowest BCUT2D eigenvalue weighted by Gasteiger charge is -2.20. The number of aryl methyl sites for hydroxylation is 1. The second kappa shape index (κ2) is 9.82. The minimum absolute atomic E-state index is 0.0151. The standard InChI is InChI=1S/C24H26N4O3S/c1-4-31-20-7-5-8-21-23(20)26-24(32-21)28(14-13-27-12-6-11-25-27)22(29)16-18-9-10-19(30-3)17(2)15-18/h5-12,15H,4,13-14,16H2,1-3H3. The molecular weight excluding hydrogens is 424 g/mol. The molecular formula is C24H26N4O3S. The smallest absolute Gasteiger partial charge is 0.233 e. The lowest BCUT2D eigenvalue weighted by molar-refractivity contribution is -0.118. The molecule has 166 valence electrons. The van der Waals surface area contributed by atoms with Gasteiger partial charge in [0.2, 0.25) is 5.91 Å². The first-order valence-corrected chi connectivity index (χ1v) is 11.3. The molecule has 0 radical (unpaired) electrons. The molecule has 0 bridgehead atoms. The van der Waals surface area contributed by atoms with Crippen molar-refractivity contribution >= 4 is 32.6 Å². The van der Waals surface area contributed by atoms with Crippen LogP contribution in [0.5, 0.6) is 11.5 Å². The van der Waals surface area contributed by atoms with Gasteiger partial charge in [-0.2, -0.15) is 5.10 Å². The normalized spacial score (nSPS) is 11.0. The van der Waals surface area contributed by atoms with Crippen molar-refractivity contribution < 1.29 is 14.3 Å². The van der Waals surface area contributed by atoms with E-state index in [1.54, 1.807) is 18.2 Å². The van der Waals surface area contributed by atoms with Crippen molar-refractivity contribution in [3.05, 3.63) is 66.0 Å². The Balaban J connectivity index is 1.63. The molecule has 32 heavy (non-hydrogen) atoms. The summed E-state index contributed by atoms with van der Waals surface area (Å²) in [5.41, 5.74) is 2.72. The molecule has 0 aliphatic rings. The Morgan fingerprint density at radius 3 is 2.78 bits per heavy atom.